The summed E-state index contributed by atoms with van der Waals surface area (Å²) in [6, 6.07) is 11.9. The Bertz CT molecular complexity index is 876. The second kappa shape index (κ2) is 8.43. The summed E-state index contributed by atoms with van der Waals surface area (Å²) in [4.78, 5) is 12.9. The number of rotatable bonds is 3. The van der Waals surface area contributed by atoms with Crippen LogP contribution in [0.4, 0.5) is 13.2 Å². The van der Waals surface area contributed by atoms with Gasteiger partial charge in [-0.1, -0.05) is 26.0 Å². The lowest BCUT2D eigenvalue weighted by atomic mass is 10.0. The summed E-state index contributed by atoms with van der Waals surface area (Å²) >= 11 is 0. The average molecular weight is 379 g/mol. The van der Waals surface area contributed by atoms with Crippen LogP contribution in [-0.2, 0) is 4.79 Å². The summed E-state index contributed by atoms with van der Waals surface area (Å²) in [5, 5.41) is 15.3. The highest BCUT2D eigenvalue weighted by Gasteiger charge is 2.38. The van der Waals surface area contributed by atoms with E-state index in [4.69, 9.17) is 14.3 Å². The Morgan fingerprint density at radius 2 is 1.59 bits per heavy atom. The molecule has 0 atom stereocenters. The number of hydrogen-bond acceptors (Lipinski definition) is 5. The van der Waals surface area contributed by atoms with Crippen molar-refractivity contribution in [1.82, 2.24) is 15.2 Å². The van der Waals surface area contributed by atoms with Crippen molar-refractivity contribution in [3.8, 4) is 22.9 Å². The molecular weight excluding hydrogens is 363 g/mol. The first-order chi connectivity index (χ1) is 12.7. The van der Waals surface area contributed by atoms with Gasteiger partial charge in [0.2, 0.25) is 11.8 Å². The van der Waals surface area contributed by atoms with Gasteiger partial charge in [-0.25, -0.2) is 4.79 Å². The highest BCUT2D eigenvalue weighted by atomic mass is 19.4. The number of carbonyl (C=O) groups is 1. The zero-order valence-corrected chi connectivity index (χ0v) is 14.4. The lowest BCUT2D eigenvalue weighted by Gasteiger charge is -2.04. The van der Waals surface area contributed by atoms with Crippen molar-refractivity contribution in [2.24, 2.45) is 0 Å². The third-order valence-electron chi connectivity index (χ3n) is 3.40. The first kappa shape index (κ1) is 20.1. The molecule has 1 N–H and O–H groups in total. The van der Waals surface area contributed by atoms with Crippen molar-refractivity contribution in [2.45, 2.75) is 25.9 Å². The Morgan fingerprint density at radius 1 is 1.04 bits per heavy atom. The molecule has 6 nitrogen and oxygen atoms in total. The van der Waals surface area contributed by atoms with Gasteiger partial charge in [-0.05, 0) is 35.7 Å². The Morgan fingerprint density at radius 3 is 2.04 bits per heavy atom. The molecule has 0 fully saturated rings. The maximum atomic E-state index is 10.6. The maximum absolute atomic E-state index is 10.6. The summed E-state index contributed by atoms with van der Waals surface area (Å²) in [5.74, 6) is -1.23. The third kappa shape index (κ3) is 5.63. The molecule has 0 saturated carbocycles. The second-order valence-electron chi connectivity index (χ2n) is 5.73. The van der Waals surface area contributed by atoms with Gasteiger partial charge in [-0.15, -0.1) is 10.2 Å². The lowest BCUT2D eigenvalue weighted by Crippen LogP contribution is -2.21. The molecule has 0 aliphatic heterocycles. The number of aromatic nitrogens is 3. The number of nitrogens with zero attached hydrogens (tertiary/aromatic N) is 3. The van der Waals surface area contributed by atoms with Gasteiger partial charge in [0.1, 0.15) is 0 Å². The predicted molar refractivity (Wildman–Crippen MR) is 90.7 cm³/mol. The molecule has 0 amide bonds. The van der Waals surface area contributed by atoms with Gasteiger partial charge in [0.25, 0.3) is 0 Å². The Labute approximate surface area is 152 Å². The molecule has 2 heterocycles. The summed E-state index contributed by atoms with van der Waals surface area (Å²) in [7, 11) is 0. The molecule has 3 aromatic rings. The highest BCUT2D eigenvalue weighted by molar-refractivity contribution is 5.73. The normalized spacial score (nSPS) is 11.0. The number of alkyl halides is 3. The van der Waals surface area contributed by atoms with Gasteiger partial charge in [-0.3, -0.25) is 4.98 Å². The van der Waals surface area contributed by atoms with Crippen LogP contribution in [0.15, 0.2) is 53.2 Å². The van der Waals surface area contributed by atoms with Gasteiger partial charge in [-0.2, -0.15) is 13.2 Å². The van der Waals surface area contributed by atoms with E-state index in [1.54, 1.807) is 12.4 Å². The van der Waals surface area contributed by atoms with Crippen molar-refractivity contribution in [3.63, 3.8) is 0 Å². The molecule has 0 saturated heterocycles. The number of hydrogen-bond donors (Lipinski definition) is 1. The van der Waals surface area contributed by atoms with Crippen LogP contribution in [0.2, 0.25) is 0 Å². The van der Waals surface area contributed by atoms with Crippen LogP contribution < -0.4 is 0 Å². The van der Waals surface area contributed by atoms with Crippen LogP contribution in [0.3, 0.4) is 0 Å². The van der Waals surface area contributed by atoms with E-state index in [2.05, 4.69) is 41.2 Å². The number of carboxylic acids is 1. The van der Waals surface area contributed by atoms with Gasteiger partial charge < -0.3 is 9.52 Å². The number of pyridine rings is 1. The largest absolute Gasteiger partial charge is 0.490 e. The van der Waals surface area contributed by atoms with E-state index < -0.39 is 12.1 Å². The summed E-state index contributed by atoms with van der Waals surface area (Å²) in [6.07, 6.45) is -1.66. The van der Waals surface area contributed by atoms with Crippen molar-refractivity contribution in [3.05, 3.63) is 54.4 Å². The van der Waals surface area contributed by atoms with Crippen molar-refractivity contribution >= 4 is 5.97 Å². The summed E-state index contributed by atoms with van der Waals surface area (Å²) in [5.41, 5.74) is 3.04. The fourth-order valence-electron chi connectivity index (χ4n) is 1.96. The number of benzene rings is 1. The Kier molecular flexibility index (Phi) is 6.27. The average Bonchev–Trinajstić information content (AvgIpc) is 3.12. The lowest BCUT2D eigenvalue weighted by molar-refractivity contribution is -0.192. The molecule has 142 valence electrons. The van der Waals surface area contributed by atoms with E-state index in [1.165, 1.54) is 5.56 Å². The molecule has 0 bridgehead atoms. The zero-order valence-electron chi connectivity index (χ0n) is 14.4. The smallest absolute Gasteiger partial charge is 0.475 e. The summed E-state index contributed by atoms with van der Waals surface area (Å²) in [6.45, 7) is 4.34. The standard InChI is InChI=1S/C16H15N3O.C2HF3O2/c1-11(2)12-5-7-13(8-6-12)15-18-19-16(20-15)14-4-3-9-17-10-14;3-2(4,5)1(6)7/h3-11H,1-2H3;(H,6,7). The minimum Gasteiger partial charge on any atom is -0.475 e. The van der Waals surface area contributed by atoms with Crippen molar-refractivity contribution < 1.29 is 27.5 Å². The predicted octanol–water partition coefficient (Wildman–Crippen LogP) is 4.56. The van der Waals surface area contributed by atoms with Gasteiger partial charge in [0.05, 0.1) is 5.56 Å². The van der Waals surface area contributed by atoms with E-state index in [-0.39, 0.29) is 0 Å². The van der Waals surface area contributed by atoms with Gasteiger partial charge in [0.15, 0.2) is 0 Å². The van der Waals surface area contributed by atoms with Crippen LogP contribution in [0, 0.1) is 0 Å². The Hall–Kier alpha value is -3.23. The first-order valence-electron chi connectivity index (χ1n) is 7.83. The zero-order chi connectivity index (χ0) is 20.0. The van der Waals surface area contributed by atoms with Crippen LogP contribution in [0.1, 0.15) is 25.3 Å². The van der Waals surface area contributed by atoms with Crippen LogP contribution in [0.5, 0.6) is 0 Å². The molecule has 27 heavy (non-hydrogen) atoms. The fourth-order valence-corrected chi connectivity index (χ4v) is 1.96. The minimum atomic E-state index is -5.08. The van der Waals surface area contributed by atoms with Crippen LogP contribution in [-0.4, -0.2) is 32.4 Å². The van der Waals surface area contributed by atoms with Crippen molar-refractivity contribution in [2.75, 3.05) is 0 Å². The van der Waals surface area contributed by atoms with E-state index in [1.807, 2.05) is 24.3 Å². The number of halogens is 3. The second-order valence-corrected chi connectivity index (χ2v) is 5.73. The van der Waals surface area contributed by atoms with Crippen LogP contribution >= 0.6 is 0 Å². The monoisotopic (exact) mass is 379 g/mol. The van der Waals surface area contributed by atoms with Crippen LogP contribution in [0.25, 0.3) is 22.9 Å². The van der Waals surface area contributed by atoms with Gasteiger partial charge in [0, 0.05) is 18.0 Å². The fraction of sp³-hybridized carbons (Fsp3) is 0.222. The number of carboxylic acid groups (broad SMARTS) is 1. The molecule has 0 radical (unpaired) electrons. The third-order valence-corrected chi connectivity index (χ3v) is 3.40. The molecule has 0 aliphatic rings. The minimum absolute atomic E-state index is 0.487. The van der Waals surface area contributed by atoms with E-state index in [0.29, 0.717) is 17.7 Å². The van der Waals surface area contributed by atoms with E-state index >= 15 is 0 Å². The highest BCUT2D eigenvalue weighted by Crippen LogP contribution is 2.24. The molecule has 0 unspecified atom stereocenters. The topological polar surface area (TPSA) is 89.1 Å². The molecular formula is C18H16F3N3O3. The van der Waals surface area contributed by atoms with E-state index in [9.17, 15) is 13.2 Å². The van der Waals surface area contributed by atoms with Crippen molar-refractivity contribution in [1.29, 1.82) is 0 Å². The molecule has 2 aromatic heterocycles. The SMILES string of the molecule is CC(C)c1ccc(-c2nnc(-c3cccnc3)o2)cc1.O=C(O)C(F)(F)F. The summed E-state index contributed by atoms with van der Waals surface area (Å²) < 4.78 is 37.4. The quantitative estimate of drug-likeness (QED) is 0.718. The van der Waals surface area contributed by atoms with Gasteiger partial charge >= 0.3 is 12.1 Å². The maximum Gasteiger partial charge on any atom is 0.490 e. The first-order valence-corrected chi connectivity index (χ1v) is 7.83. The molecule has 0 aliphatic carbocycles. The van der Waals surface area contributed by atoms with E-state index in [0.717, 1.165) is 11.1 Å². The molecule has 3 rings (SSSR count). The molecule has 9 heteroatoms. The molecule has 1 aromatic carbocycles. The number of aliphatic carboxylic acids is 1. The molecule has 0 spiro atoms. The Balaban J connectivity index is 0.000000321.